The van der Waals surface area contributed by atoms with E-state index in [1.165, 1.54) is 43.5 Å². The number of alkyl halides is 4. The van der Waals surface area contributed by atoms with Gasteiger partial charge in [-0.2, -0.15) is 10.5 Å². The van der Waals surface area contributed by atoms with Crippen LogP contribution >= 0.6 is 0 Å². The third-order valence-electron chi connectivity index (χ3n) is 23.9. The maximum Gasteiger partial charge on any atom is 0.255 e. The molecule has 4 aliphatic heterocycles. The smallest absolute Gasteiger partial charge is 0.255 e. The molecule has 696 valence electrons. The topological polar surface area (TPSA) is 409 Å². The molecule has 0 unspecified atom stereocenters. The first-order valence-electron chi connectivity index (χ1n) is 43.8. The number of nitrogens with two attached hydrogens (primary N) is 1. The van der Waals surface area contributed by atoms with E-state index >= 15 is 0 Å². The summed E-state index contributed by atoms with van der Waals surface area (Å²) >= 11 is 0. The number of hydrogen-bond donors (Lipinski definition) is 5. The zero-order valence-corrected chi connectivity index (χ0v) is 76.6. The van der Waals surface area contributed by atoms with Gasteiger partial charge in [-0.15, -0.1) is 0 Å². The first-order chi connectivity index (χ1) is 63.6. The number of rotatable bonds is 17. The maximum absolute atomic E-state index is 14.2. The minimum absolute atomic E-state index is 0.128. The van der Waals surface area contributed by atoms with Crippen LogP contribution in [0.2, 0.25) is 0 Å². The van der Waals surface area contributed by atoms with Gasteiger partial charge in [-0.3, -0.25) is 37.9 Å². The van der Waals surface area contributed by atoms with Gasteiger partial charge in [0.05, 0.1) is 64.9 Å². The van der Waals surface area contributed by atoms with E-state index in [2.05, 4.69) is 63.9 Å². The van der Waals surface area contributed by atoms with Crippen molar-refractivity contribution in [2.24, 2.45) is 5.73 Å². The summed E-state index contributed by atoms with van der Waals surface area (Å²) in [5.74, 6) is 10.5. The minimum Gasteiger partial charge on any atom is -0.395 e. The molecule has 4 saturated heterocycles. The minimum atomic E-state index is -3.45. The summed E-state index contributed by atoms with van der Waals surface area (Å²) in [4.78, 5) is 115. The van der Waals surface area contributed by atoms with E-state index in [1.807, 2.05) is 64.0 Å². The fourth-order valence-corrected chi connectivity index (χ4v) is 15.6. The van der Waals surface area contributed by atoms with Gasteiger partial charge in [0, 0.05) is 161 Å². The van der Waals surface area contributed by atoms with Crippen LogP contribution in [0.1, 0.15) is 192 Å². The number of aliphatic hydroxyl groups is 3. The number of likely N-dealkylation sites (tertiary alicyclic amines) is 4. The number of carbonyl (C=O) groups excluding carboxylic acids is 6. The Bertz CT molecular complexity index is 6740. The Hall–Kier alpha value is -14.1. The number of nitrogens with zero attached hydrogens (tertiary/aromatic N) is 18. The number of aliphatic hydroxyl groups excluding tert-OH is 2. The summed E-state index contributed by atoms with van der Waals surface area (Å²) in [7, 11) is -3.45. The van der Waals surface area contributed by atoms with Crippen molar-refractivity contribution < 1.29 is 70.1 Å². The zero-order chi connectivity index (χ0) is 96.4. The lowest BCUT2D eigenvalue weighted by Crippen LogP contribution is -2.43. The molecule has 0 saturated carbocycles. The first-order valence-corrected chi connectivity index (χ1v) is 45.7. The molecule has 31 nitrogen and oxygen atoms in total. The van der Waals surface area contributed by atoms with Crippen LogP contribution in [0.15, 0.2) is 165 Å². The lowest BCUT2D eigenvalue weighted by atomic mass is 9.95. The van der Waals surface area contributed by atoms with E-state index < -0.39 is 42.9 Å². The van der Waals surface area contributed by atoms with Gasteiger partial charge < -0.3 is 60.0 Å². The lowest BCUT2D eigenvalue weighted by molar-refractivity contribution is 0.0493. The molecule has 0 aliphatic carbocycles. The van der Waals surface area contributed by atoms with E-state index in [1.54, 1.807) is 168 Å². The summed E-state index contributed by atoms with van der Waals surface area (Å²) in [6.07, 6.45) is 16.4. The number of aromatic nitrogens is 11. The highest BCUT2D eigenvalue weighted by molar-refractivity contribution is 7.92. The quantitative estimate of drug-likeness (QED) is 0.0417. The molecule has 14 heterocycles. The monoisotopic (exact) mass is 1840 g/mol. The highest BCUT2D eigenvalue weighted by Gasteiger charge is 2.37. The SMILES string of the molecule is CC(C)(O)C#Cc1nc2cc(C(=O)N3CCC(C)(F)CC3)cnc2n1-c1ccc(C#N)nc1.CC1(F)CCN(C(=O)c2cnc3c(c2)cc(C#CC(C)(C)S(C)(=O)=O)n3-c2ccc(C#N)nc2)CC1.CC1(F)CCN(C(=O)c2cnc3c(ccn3-c3ccc(C(=O)N(CCO)CCO)cc3)c2)CC1.CC1(F)CCN(C(=O)c2cnc3c(ccn3-c3cccc(C(=O)NCCN)c3)c2)CC1. The van der Waals surface area contributed by atoms with E-state index in [0.717, 1.165) is 28.4 Å². The van der Waals surface area contributed by atoms with Gasteiger partial charge in [0.25, 0.3) is 35.4 Å². The molecule has 6 amide bonds. The second kappa shape index (κ2) is 40.5. The standard InChI is InChI=1S/C26H26FN5O3S.C25H29FN4O4.C24H23FN6O2.C23H26FN5O2/c1-25(2,36(4,34)35)8-7-21-14-18-13-19(24(33)31-11-9-26(3,27)10-12-31)16-30-23(18)32(21)22-6-5-20(15-28)29-17-22;1-25(26)7-10-28(11-8-25)24(34)20-16-19-6-9-30(22(19)27-17-20)21-4-2-18(3-5-21)23(33)29(12-14-31)13-15-32;1-23(2,33)7-6-20-29-19-12-16(22(32)30-10-8-24(3,25)9-11-30)14-28-21(19)31(20)18-5-4-17(13-26)27-15-18;1-23(24)6-11-28(12-7-23)22(31)18-13-16-5-10-29(20(16)27-15-18)19-4-2-3-17(14-19)21(30)26-9-8-25/h5-6,13-14,16-17H,9-12H2,1-4H3;2-6,9,16-17,31-32H,7-8,10-15H2,1H3;4-5,12,14-15,33H,8-11H2,1-3H3;2-5,10,13-15H,6-9,11-12,25H2,1H3,(H,26,30). The Kier molecular flexibility index (Phi) is 29.4. The fourth-order valence-electron chi connectivity index (χ4n) is 15.4. The molecular formula is C98H104F4N20O11S. The molecule has 4 fully saturated rings. The van der Waals surface area contributed by atoms with Gasteiger partial charge in [-0.1, -0.05) is 17.9 Å². The number of fused-ring (bicyclic) bond motifs is 4. The van der Waals surface area contributed by atoms with Gasteiger partial charge in [0.1, 0.15) is 79.0 Å². The van der Waals surface area contributed by atoms with Crippen LogP contribution in [0.3, 0.4) is 0 Å². The van der Waals surface area contributed by atoms with Crippen LogP contribution in [-0.4, -0.2) is 268 Å². The molecule has 0 atom stereocenters. The lowest BCUT2D eigenvalue weighted by Gasteiger charge is -2.34. The van der Waals surface area contributed by atoms with Crippen molar-refractivity contribution in [1.29, 1.82) is 10.5 Å². The van der Waals surface area contributed by atoms with Crippen LogP contribution in [0.5, 0.6) is 0 Å². The number of nitrogens with one attached hydrogen (secondary N) is 1. The Morgan fingerprint density at radius 2 is 0.903 bits per heavy atom. The molecule has 0 spiro atoms. The summed E-state index contributed by atoms with van der Waals surface area (Å²) < 4.78 is 86.5. The molecule has 0 bridgehead atoms. The van der Waals surface area contributed by atoms with Gasteiger partial charge in [0.15, 0.2) is 21.3 Å². The number of nitriles is 2. The number of benzene rings is 2. The molecule has 0 radical (unpaired) electrons. The predicted octanol–water partition coefficient (Wildman–Crippen LogP) is 11.3. The molecule has 134 heavy (non-hydrogen) atoms. The predicted molar refractivity (Wildman–Crippen MR) is 496 cm³/mol. The van der Waals surface area contributed by atoms with Gasteiger partial charge in [-0.05, 0) is 228 Å². The fraction of sp³-hybridized carbons (Fsp3) is 0.378. The Balaban J connectivity index is 0.000000152. The normalized spacial score (nSPS) is 15.6. The van der Waals surface area contributed by atoms with Crippen LogP contribution < -0.4 is 11.1 Å². The molecule has 12 aromatic rings. The van der Waals surface area contributed by atoms with Crippen molar-refractivity contribution in [3.05, 3.63) is 221 Å². The highest BCUT2D eigenvalue weighted by Crippen LogP contribution is 2.34. The van der Waals surface area contributed by atoms with Gasteiger partial charge in [-0.25, -0.2) is 60.9 Å². The molecule has 2 aromatic carbocycles. The van der Waals surface area contributed by atoms with Crippen molar-refractivity contribution in [1.82, 2.24) is 83.0 Å². The summed E-state index contributed by atoms with van der Waals surface area (Å²) in [5, 5.41) is 51.5. The van der Waals surface area contributed by atoms with Crippen molar-refractivity contribution in [2.45, 2.75) is 140 Å². The Morgan fingerprint density at radius 3 is 1.32 bits per heavy atom. The second-order valence-electron chi connectivity index (χ2n) is 35.6. The number of hydrogen-bond acceptors (Lipinski definition) is 21. The second-order valence-corrected chi connectivity index (χ2v) is 38.1. The third-order valence-corrected chi connectivity index (χ3v) is 25.9. The van der Waals surface area contributed by atoms with Gasteiger partial charge >= 0.3 is 0 Å². The molecule has 36 heteroatoms. The Labute approximate surface area is 772 Å². The number of piperidine rings is 4. The number of sulfone groups is 1. The van der Waals surface area contributed by atoms with Crippen molar-refractivity contribution in [3.63, 3.8) is 0 Å². The summed E-state index contributed by atoms with van der Waals surface area (Å²) in [6, 6.07) is 37.1. The number of halogens is 4. The van der Waals surface area contributed by atoms with E-state index in [4.69, 9.17) is 26.5 Å². The molecule has 16 rings (SSSR count). The molecule has 6 N–H and O–H groups in total. The van der Waals surface area contributed by atoms with E-state index in [9.17, 15) is 59.9 Å². The Morgan fingerprint density at radius 1 is 0.485 bits per heavy atom. The zero-order valence-electron chi connectivity index (χ0n) is 75.8. The third kappa shape index (κ3) is 23.3. The van der Waals surface area contributed by atoms with E-state index in [0.29, 0.717) is 194 Å². The van der Waals surface area contributed by atoms with Crippen LogP contribution in [0, 0.1) is 46.3 Å². The van der Waals surface area contributed by atoms with Gasteiger partial charge in [0.2, 0.25) is 0 Å². The molecule has 10 aromatic heterocycles. The van der Waals surface area contributed by atoms with Crippen LogP contribution in [-0.2, 0) is 9.84 Å². The number of amides is 6. The average molecular weight is 1850 g/mol. The van der Waals surface area contributed by atoms with Crippen molar-refractivity contribution >= 4 is 89.5 Å². The first kappa shape index (κ1) is 97.4. The largest absolute Gasteiger partial charge is 0.395 e. The van der Waals surface area contributed by atoms with Crippen molar-refractivity contribution in [2.75, 3.05) is 98.0 Å². The maximum atomic E-state index is 14.2. The van der Waals surface area contributed by atoms with Crippen LogP contribution in [0.4, 0.5) is 17.6 Å². The number of pyridine rings is 6. The number of imidazole rings is 1. The highest BCUT2D eigenvalue weighted by atomic mass is 32.2. The number of carbonyl (C=O) groups is 6. The van der Waals surface area contributed by atoms with Crippen molar-refractivity contribution in [3.8, 4) is 58.6 Å². The molecule has 4 aliphatic rings. The summed E-state index contributed by atoms with van der Waals surface area (Å²) in [6.45, 7) is 16.1. The summed E-state index contributed by atoms with van der Waals surface area (Å²) in [5.41, 5.74) is 8.42. The van der Waals surface area contributed by atoms with E-state index in [-0.39, 0.29) is 86.0 Å². The van der Waals surface area contributed by atoms with Crippen LogP contribution in [0.25, 0.3) is 67.0 Å². The average Bonchev–Trinajstić information content (AvgIpc) is 1.62. The molecular weight excluding hydrogens is 1740 g/mol.